The highest BCUT2D eigenvalue weighted by Crippen LogP contribution is 2.28. The number of carbonyl (C=O) groups excluding carboxylic acids is 1. The molecule has 3 heteroatoms. The van der Waals surface area contributed by atoms with Crippen LogP contribution in [-0.4, -0.2) is 12.5 Å². The van der Waals surface area contributed by atoms with Gasteiger partial charge in [-0.25, -0.2) is 0 Å². The Morgan fingerprint density at radius 1 is 1.12 bits per heavy atom. The molecule has 124 valence electrons. The molecule has 0 saturated heterocycles. The molecule has 1 N–H and O–H groups in total. The van der Waals surface area contributed by atoms with Crippen molar-refractivity contribution < 1.29 is 9.53 Å². The highest BCUT2D eigenvalue weighted by Gasteiger charge is 2.13. The lowest BCUT2D eigenvalue weighted by molar-refractivity contribution is -0.111. The van der Waals surface area contributed by atoms with E-state index in [9.17, 15) is 4.79 Å². The first-order valence-electron chi connectivity index (χ1n) is 8.27. The van der Waals surface area contributed by atoms with Gasteiger partial charge in [0.1, 0.15) is 5.75 Å². The van der Waals surface area contributed by atoms with Crippen LogP contribution in [0.1, 0.15) is 37.5 Å². The average Bonchev–Trinajstić information content (AvgIpc) is 3.00. The van der Waals surface area contributed by atoms with Crippen LogP contribution in [0.15, 0.2) is 48.5 Å². The summed E-state index contributed by atoms with van der Waals surface area (Å²) in [6.07, 6.45) is 4.29. The number of anilines is 1. The molecular weight excluding hydrogens is 298 g/mol. The summed E-state index contributed by atoms with van der Waals surface area (Å²) in [5.41, 5.74) is 4.38. The summed E-state index contributed by atoms with van der Waals surface area (Å²) < 4.78 is 5.47. The molecule has 0 bridgehead atoms. The minimum atomic E-state index is -0.131. The van der Waals surface area contributed by atoms with E-state index in [1.54, 1.807) is 6.08 Å². The van der Waals surface area contributed by atoms with Crippen LogP contribution in [0, 0.1) is 0 Å². The predicted molar refractivity (Wildman–Crippen MR) is 98.4 cm³/mol. The van der Waals surface area contributed by atoms with Crippen LogP contribution < -0.4 is 10.1 Å². The van der Waals surface area contributed by atoms with Gasteiger partial charge in [-0.1, -0.05) is 45.0 Å². The summed E-state index contributed by atoms with van der Waals surface area (Å²) in [5, 5.41) is 2.90. The van der Waals surface area contributed by atoms with Gasteiger partial charge in [0, 0.05) is 18.2 Å². The first-order chi connectivity index (χ1) is 11.4. The molecule has 1 aliphatic heterocycles. The third-order valence-electron chi connectivity index (χ3n) is 4.16. The molecule has 0 saturated carbocycles. The van der Waals surface area contributed by atoms with Crippen molar-refractivity contribution in [2.24, 2.45) is 0 Å². The monoisotopic (exact) mass is 321 g/mol. The maximum atomic E-state index is 12.1. The van der Waals surface area contributed by atoms with E-state index in [4.69, 9.17) is 4.74 Å². The fraction of sp³-hybridized carbons (Fsp3) is 0.286. The number of hydrogen-bond acceptors (Lipinski definition) is 2. The number of carbonyl (C=O) groups is 1. The fourth-order valence-corrected chi connectivity index (χ4v) is 2.71. The summed E-state index contributed by atoms with van der Waals surface area (Å²) in [7, 11) is 0. The molecule has 3 nitrogen and oxygen atoms in total. The van der Waals surface area contributed by atoms with Crippen LogP contribution in [0.25, 0.3) is 6.08 Å². The van der Waals surface area contributed by atoms with Gasteiger partial charge < -0.3 is 10.1 Å². The second kappa shape index (κ2) is 6.52. The molecule has 3 rings (SSSR count). The molecule has 1 amide bonds. The molecule has 1 aliphatic rings. The fourth-order valence-electron chi connectivity index (χ4n) is 2.71. The molecule has 0 aromatic heterocycles. The van der Waals surface area contributed by atoms with E-state index in [0.29, 0.717) is 0 Å². The van der Waals surface area contributed by atoms with E-state index in [1.165, 1.54) is 5.56 Å². The molecule has 0 fully saturated rings. The summed E-state index contributed by atoms with van der Waals surface area (Å²) in [6, 6.07) is 14.1. The first-order valence-corrected chi connectivity index (χ1v) is 8.27. The Morgan fingerprint density at radius 3 is 2.58 bits per heavy atom. The Balaban J connectivity index is 1.63. The summed E-state index contributed by atoms with van der Waals surface area (Å²) in [4.78, 5) is 12.1. The molecule has 24 heavy (non-hydrogen) atoms. The van der Waals surface area contributed by atoms with E-state index in [1.807, 2.05) is 36.4 Å². The molecule has 0 radical (unpaired) electrons. The van der Waals surface area contributed by atoms with Crippen molar-refractivity contribution in [3.05, 3.63) is 65.2 Å². The minimum absolute atomic E-state index is 0.131. The third-order valence-corrected chi connectivity index (χ3v) is 4.16. The van der Waals surface area contributed by atoms with Gasteiger partial charge in [0.15, 0.2) is 0 Å². The maximum Gasteiger partial charge on any atom is 0.248 e. The highest BCUT2D eigenvalue weighted by atomic mass is 16.5. The van der Waals surface area contributed by atoms with Gasteiger partial charge in [-0.05, 0) is 46.4 Å². The minimum Gasteiger partial charge on any atom is -0.493 e. The number of nitrogens with one attached hydrogen (secondary N) is 1. The molecule has 0 aliphatic carbocycles. The Bertz CT molecular complexity index is 767. The second-order valence-electron chi connectivity index (χ2n) is 7.12. The van der Waals surface area contributed by atoms with Crippen LogP contribution in [0.5, 0.6) is 5.75 Å². The van der Waals surface area contributed by atoms with Gasteiger partial charge in [0.05, 0.1) is 6.61 Å². The molecule has 0 unspecified atom stereocenters. The Kier molecular flexibility index (Phi) is 4.43. The van der Waals surface area contributed by atoms with Crippen LogP contribution in [0.2, 0.25) is 0 Å². The highest BCUT2D eigenvalue weighted by molar-refractivity contribution is 6.02. The zero-order valence-electron chi connectivity index (χ0n) is 14.4. The Hall–Kier alpha value is -2.55. The van der Waals surface area contributed by atoms with Crippen molar-refractivity contribution in [2.75, 3.05) is 11.9 Å². The van der Waals surface area contributed by atoms with Crippen molar-refractivity contribution in [1.29, 1.82) is 0 Å². The molecule has 0 atom stereocenters. The number of hydrogen-bond donors (Lipinski definition) is 1. The number of amides is 1. The smallest absolute Gasteiger partial charge is 0.248 e. The van der Waals surface area contributed by atoms with E-state index in [0.717, 1.165) is 35.6 Å². The van der Waals surface area contributed by atoms with Crippen LogP contribution in [0.3, 0.4) is 0 Å². The lowest BCUT2D eigenvalue weighted by Crippen LogP contribution is -2.10. The predicted octanol–water partition coefficient (Wildman–Crippen LogP) is 4.57. The van der Waals surface area contributed by atoms with Crippen molar-refractivity contribution in [1.82, 2.24) is 0 Å². The lowest BCUT2D eigenvalue weighted by atomic mass is 9.87. The average molecular weight is 321 g/mol. The molecule has 1 heterocycles. The quantitative estimate of drug-likeness (QED) is 0.841. The van der Waals surface area contributed by atoms with Gasteiger partial charge in [-0.3, -0.25) is 4.79 Å². The van der Waals surface area contributed by atoms with Crippen LogP contribution >= 0.6 is 0 Å². The number of rotatable bonds is 3. The van der Waals surface area contributed by atoms with Gasteiger partial charge in [-0.15, -0.1) is 0 Å². The zero-order valence-corrected chi connectivity index (χ0v) is 14.4. The van der Waals surface area contributed by atoms with Gasteiger partial charge >= 0.3 is 0 Å². The second-order valence-corrected chi connectivity index (χ2v) is 7.12. The van der Waals surface area contributed by atoms with Crippen LogP contribution in [0.4, 0.5) is 5.69 Å². The van der Waals surface area contributed by atoms with Gasteiger partial charge in [0.25, 0.3) is 0 Å². The summed E-state index contributed by atoms with van der Waals surface area (Å²) >= 11 is 0. The van der Waals surface area contributed by atoms with Gasteiger partial charge in [-0.2, -0.15) is 0 Å². The standard InChI is InChI=1S/C21H23NO2/c1-21(2,3)17-7-4-15(5-8-17)6-11-20(23)22-18-9-10-19-16(14-18)12-13-24-19/h4-11,14H,12-13H2,1-3H3,(H,22,23). The van der Waals surface area contributed by atoms with Crippen molar-refractivity contribution >= 4 is 17.7 Å². The lowest BCUT2D eigenvalue weighted by Gasteiger charge is -2.18. The number of fused-ring (bicyclic) bond motifs is 1. The summed E-state index contributed by atoms with van der Waals surface area (Å²) in [5.74, 6) is 0.788. The van der Waals surface area contributed by atoms with Crippen molar-refractivity contribution in [3.63, 3.8) is 0 Å². The number of ether oxygens (including phenoxy) is 1. The van der Waals surface area contributed by atoms with Gasteiger partial charge in [0.2, 0.25) is 5.91 Å². The largest absolute Gasteiger partial charge is 0.493 e. The third kappa shape index (κ3) is 3.85. The normalized spacial score (nSPS) is 13.6. The molecular formula is C21H23NO2. The van der Waals surface area contributed by atoms with Crippen LogP contribution in [-0.2, 0) is 16.6 Å². The molecule has 2 aromatic rings. The van der Waals surface area contributed by atoms with E-state index in [-0.39, 0.29) is 11.3 Å². The Morgan fingerprint density at radius 2 is 1.88 bits per heavy atom. The van der Waals surface area contributed by atoms with E-state index >= 15 is 0 Å². The molecule has 0 spiro atoms. The van der Waals surface area contributed by atoms with E-state index in [2.05, 4.69) is 38.2 Å². The number of benzene rings is 2. The maximum absolute atomic E-state index is 12.1. The van der Waals surface area contributed by atoms with E-state index < -0.39 is 0 Å². The Labute approximate surface area is 143 Å². The summed E-state index contributed by atoms with van der Waals surface area (Å²) in [6.45, 7) is 7.28. The zero-order chi connectivity index (χ0) is 17.2. The van der Waals surface area contributed by atoms with Crippen molar-refractivity contribution in [3.8, 4) is 5.75 Å². The van der Waals surface area contributed by atoms with Crippen molar-refractivity contribution in [2.45, 2.75) is 32.6 Å². The first kappa shape index (κ1) is 16.3. The SMILES string of the molecule is CC(C)(C)c1ccc(C=CC(=O)Nc2ccc3c(c2)CCO3)cc1. The topological polar surface area (TPSA) is 38.3 Å². The molecule has 2 aromatic carbocycles.